The van der Waals surface area contributed by atoms with Crippen LogP contribution in [0.25, 0.3) is 0 Å². The molecule has 0 saturated carbocycles. The van der Waals surface area contributed by atoms with Gasteiger partial charge in [-0.25, -0.2) is 0 Å². The van der Waals surface area contributed by atoms with Crippen molar-refractivity contribution in [2.75, 3.05) is 5.75 Å². The summed E-state index contributed by atoms with van der Waals surface area (Å²) in [5.74, 6) is -2.12. The second-order valence-corrected chi connectivity index (χ2v) is 8.23. The summed E-state index contributed by atoms with van der Waals surface area (Å²) in [4.78, 5) is 0. The average molecular weight is 316 g/mol. The van der Waals surface area contributed by atoms with Gasteiger partial charge in [-0.2, -0.15) is 16.8 Å². The van der Waals surface area contributed by atoms with Gasteiger partial charge in [0.25, 0.3) is 20.2 Å². The SMILES string of the molecule is CCC(C)C(CS(=O)(=O)O)C(C(C)CC)S(=O)(=O)O. The van der Waals surface area contributed by atoms with E-state index in [1.165, 1.54) is 0 Å². The summed E-state index contributed by atoms with van der Waals surface area (Å²) in [5.41, 5.74) is 0. The van der Waals surface area contributed by atoms with Gasteiger partial charge in [0.05, 0.1) is 11.0 Å². The number of hydrogen-bond donors (Lipinski definition) is 2. The summed E-state index contributed by atoms with van der Waals surface area (Å²) >= 11 is 0. The fraction of sp³-hybridized carbons (Fsp3) is 1.00. The highest BCUT2D eigenvalue weighted by Crippen LogP contribution is 2.31. The van der Waals surface area contributed by atoms with Gasteiger partial charge in [-0.05, 0) is 17.8 Å². The second-order valence-electron chi connectivity index (χ2n) is 5.16. The van der Waals surface area contributed by atoms with E-state index in [-0.39, 0.29) is 5.92 Å². The first-order chi connectivity index (χ1) is 8.44. The van der Waals surface area contributed by atoms with Crippen LogP contribution in [0.1, 0.15) is 40.5 Å². The largest absolute Gasteiger partial charge is 0.286 e. The normalized spacial score (nSPS) is 19.7. The Kier molecular flexibility index (Phi) is 6.94. The van der Waals surface area contributed by atoms with Crippen LogP contribution in [0.5, 0.6) is 0 Å². The number of rotatable bonds is 8. The molecule has 0 fully saturated rings. The van der Waals surface area contributed by atoms with Gasteiger partial charge in [-0.15, -0.1) is 0 Å². The van der Waals surface area contributed by atoms with E-state index in [0.717, 1.165) is 0 Å². The Hall–Kier alpha value is -0.180. The van der Waals surface area contributed by atoms with Crippen LogP contribution in [0.2, 0.25) is 0 Å². The molecule has 0 aliphatic carbocycles. The smallest absolute Gasteiger partial charge is 0.268 e. The van der Waals surface area contributed by atoms with Crippen LogP contribution < -0.4 is 0 Å². The maximum Gasteiger partial charge on any atom is 0.268 e. The van der Waals surface area contributed by atoms with Crippen molar-refractivity contribution in [3.63, 3.8) is 0 Å². The molecule has 0 bridgehead atoms. The fourth-order valence-corrected chi connectivity index (χ4v) is 5.03. The van der Waals surface area contributed by atoms with Gasteiger partial charge >= 0.3 is 0 Å². The lowest BCUT2D eigenvalue weighted by Crippen LogP contribution is -2.42. The minimum atomic E-state index is -4.38. The molecule has 0 spiro atoms. The van der Waals surface area contributed by atoms with Gasteiger partial charge in [0.2, 0.25) is 0 Å². The first kappa shape index (κ1) is 18.8. The van der Waals surface area contributed by atoms with E-state index in [1.54, 1.807) is 27.7 Å². The quantitative estimate of drug-likeness (QED) is 0.661. The lowest BCUT2D eigenvalue weighted by Gasteiger charge is -2.32. The molecule has 0 saturated heterocycles. The minimum absolute atomic E-state index is 0.247. The Morgan fingerprint density at radius 1 is 0.895 bits per heavy atom. The summed E-state index contributed by atoms with van der Waals surface area (Å²) in [7, 11) is -8.68. The van der Waals surface area contributed by atoms with Gasteiger partial charge in [0.1, 0.15) is 0 Å². The van der Waals surface area contributed by atoms with Crippen LogP contribution >= 0.6 is 0 Å². The first-order valence-corrected chi connectivity index (χ1v) is 9.46. The van der Waals surface area contributed by atoms with E-state index in [2.05, 4.69) is 0 Å². The van der Waals surface area contributed by atoms with Crippen molar-refractivity contribution < 1.29 is 25.9 Å². The first-order valence-electron chi connectivity index (χ1n) is 6.35. The monoisotopic (exact) mass is 316 g/mol. The molecule has 4 atom stereocenters. The molecule has 0 aliphatic heterocycles. The summed E-state index contributed by atoms with van der Waals surface area (Å²) in [5, 5.41) is -1.19. The van der Waals surface area contributed by atoms with Gasteiger partial charge in [0.15, 0.2) is 0 Å². The Bertz CT molecular complexity index is 467. The standard InChI is InChI=1S/C11H24O6S2/c1-5-8(3)10(7-18(12,13)14)11(9(4)6-2)19(15,16)17/h8-11H,5-7H2,1-4H3,(H,12,13,14)(H,15,16,17). The van der Waals surface area contributed by atoms with Crippen LogP contribution in [0.4, 0.5) is 0 Å². The van der Waals surface area contributed by atoms with E-state index < -0.39 is 43.1 Å². The Balaban J connectivity index is 5.62. The molecule has 0 heterocycles. The van der Waals surface area contributed by atoms with Crippen LogP contribution in [0, 0.1) is 17.8 Å². The van der Waals surface area contributed by atoms with Crippen molar-refractivity contribution in [2.24, 2.45) is 17.8 Å². The molecule has 4 unspecified atom stereocenters. The molecule has 0 aliphatic rings. The van der Waals surface area contributed by atoms with Crippen molar-refractivity contribution >= 4 is 20.2 Å². The highest BCUT2D eigenvalue weighted by atomic mass is 32.2. The summed E-state index contributed by atoms with van der Waals surface area (Å²) in [6.45, 7) is 6.94. The highest BCUT2D eigenvalue weighted by molar-refractivity contribution is 7.87. The Labute approximate surface area is 116 Å². The fourth-order valence-electron chi connectivity index (χ4n) is 2.30. The zero-order chi connectivity index (χ0) is 15.4. The van der Waals surface area contributed by atoms with E-state index >= 15 is 0 Å². The molecule has 2 N–H and O–H groups in total. The third kappa shape index (κ3) is 6.20. The predicted octanol–water partition coefficient (Wildman–Crippen LogP) is 1.84. The maximum absolute atomic E-state index is 11.6. The molecule has 19 heavy (non-hydrogen) atoms. The molecule has 0 aromatic heterocycles. The van der Waals surface area contributed by atoms with Crippen molar-refractivity contribution in [1.29, 1.82) is 0 Å². The van der Waals surface area contributed by atoms with Crippen LogP contribution in [0.3, 0.4) is 0 Å². The van der Waals surface area contributed by atoms with Gasteiger partial charge in [-0.3, -0.25) is 9.11 Å². The lowest BCUT2D eigenvalue weighted by atomic mass is 9.84. The van der Waals surface area contributed by atoms with E-state index in [1.807, 2.05) is 0 Å². The molecule has 0 rings (SSSR count). The van der Waals surface area contributed by atoms with E-state index in [4.69, 9.17) is 4.55 Å². The number of hydrogen-bond acceptors (Lipinski definition) is 4. The van der Waals surface area contributed by atoms with E-state index in [9.17, 15) is 21.4 Å². The zero-order valence-corrected chi connectivity index (χ0v) is 13.4. The van der Waals surface area contributed by atoms with Crippen LogP contribution in [-0.4, -0.2) is 36.9 Å². The third-order valence-corrected chi connectivity index (χ3v) is 6.06. The predicted molar refractivity (Wildman–Crippen MR) is 74.2 cm³/mol. The van der Waals surface area contributed by atoms with Crippen molar-refractivity contribution in [1.82, 2.24) is 0 Å². The van der Waals surface area contributed by atoms with Crippen molar-refractivity contribution in [3.8, 4) is 0 Å². The Morgan fingerprint density at radius 2 is 1.32 bits per heavy atom. The van der Waals surface area contributed by atoms with Gasteiger partial charge < -0.3 is 0 Å². The topological polar surface area (TPSA) is 109 Å². The van der Waals surface area contributed by atoms with E-state index in [0.29, 0.717) is 12.8 Å². The molecule has 8 heteroatoms. The summed E-state index contributed by atoms with van der Waals surface area (Å²) in [6, 6.07) is 0. The second kappa shape index (κ2) is 7.01. The molecular formula is C11H24O6S2. The van der Waals surface area contributed by atoms with Crippen molar-refractivity contribution in [3.05, 3.63) is 0 Å². The summed E-state index contributed by atoms with van der Waals surface area (Å²) < 4.78 is 63.7. The molecule has 116 valence electrons. The lowest BCUT2D eigenvalue weighted by molar-refractivity contribution is 0.287. The minimum Gasteiger partial charge on any atom is -0.286 e. The molecule has 0 aromatic rings. The van der Waals surface area contributed by atoms with Gasteiger partial charge in [-0.1, -0.05) is 40.5 Å². The zero-order valence-electron chi connectivity index (χ0n) is 11.8. The molecule has 0 amide bonds. The van der Waals surface area contributed by atoms with Gasteiger partial charge in [0, 0.05) is 0 Å². The highest BCUT2D eigenvalue weighted by Gasteiger charge is 2.40. The third-order valence-electron chi connectivity index (χ3n) is 3.75. The molecule has 6 nitrogen and oxygen atoms in total. The maximum atomic E-state index is 11.6. The molecule has 0 radical (unpaired) electrons. The molecular weight excluding hydrogens is 292 g/mol. The average Bonchev–Trinajstić information content (AvgIpc) is 2.23. The van der Waals surface area contributed by atoms with Crippen molar-refractivity contribution in [2.45, 2.75) is 45.8 Å². The summed E-state index contributed by atoms with van der Waals surface area (Å²) in [6.07, 6.45) is 1.05. The Morgan fingerprint density at radius 3 is 1.58 bits per heavy atom. The molecule has 0 aromatic carbocycles. The van der Waals surface area contributed by atoms with Crippen LogP contribution in [-0.2, 0) is 20.2 Å². The van der Waals surface area contributed by atoms with Crippen LogP contribution in [0.15, 0.2) is 0 Å².